The molecule has 0 atom stereocenters. The Bertz CT molecular complexity index is 284. The normalized spacial score (nSPS) is 13.6. The Kier molecular flexibility index (Phi) is 3.77. The van der Waals surface area contributed by atoms with Gasteiger partial charge in [-0.05, 0) is 12.8 Å². The molecule has 1 rings (SSSR count). The molecule has 3 heteroatoms. The molecule has 0 aromatic rings. The minimum absolute atomic E-state index is 0.143. The number of ether oxygens (including phenoxy) is 1. The number of allylic oxidation sites excluding steroid dienone is 4. The summed E-state index contributed by atoms with van der Waals surface area (Å²) >= 11 is 0. The van der Waals surface area contributed by atoms with Crippen LogP contribution in [0, 0.1) is 11.3 Å². The second-order valence-corrected chi connectivity index (χ2v) is 2.78. The molecule has 0 aromatic carbocycles. The lowest BCUT2D eigenvalue weighted by molar-refractivity contribution is -0.142. The van der Waals surface area contributed by atoms with Crippen LogP contribution < -0.4 is 0 Å². The van der Waals surface area contributed by atoms with Gasteiger partial charge in [-0.1, -0.05) is 23.8 Å². The first-order chi connectivity index (χ1) is 6.33. The SMILES string of the molecule is N#CCOC(=O)CCC1=CC=CC1. The number of nitrogens with zero attached hydrogens (tertiary/aromatic N) is 1. The van der Waals surface area contributed by atoms with Crippen molar-refractivity contribution >= 4 is 5.97 Å². The number of carbonyl (C=O) groups is 1. The predicted octanol–water partition coefficient (Wildman–Crippen LogP) is 1.72. The Morgan fingerprint density at radius 1 is 1.69 bits per heavy atom. The Morgan fingerprint density at radius 2 is 2.54 bits per heavy atom. The summed E-state index contributed by atoms with van der Waals surface area (Å²) in [6, 6.07) is 1.76. The molecule has 0 amide bonds. The van der Waals surface area contributed by atoms with E-state index in [2.05, 4.69) is 10.8 Å². The van der Waals surface area contributed by atoms with E-state index in [4.69, 9.17) is 5.26 Å². The fourth-order valence-corrected chi connectivity index (χ4v) is 1.12. The summed E-state index contributed by atoms with van der Waals surface area (Å²) in [5.74, 6) is -0.297. The summed E-state index contributed by atoms with van der Waals surface area (Å²) in [5.41, 5.74) is 1.24. The third kappa shape index (κ3) is 3.57. The molecule has 0 heterocycles. The van der Waals surface area contributed by atoms with E-state index in [1.54, 1.807) is 6.07 Å². The van der Waals surface area contributed by atoms with Crippen molar-refractivity contribution in [2.45, 2.75) is 19.3 Å². The van der Waals surface area contributed by atoms with Crippen molar-refractivity contribution in [1.29, 1.82) is 5.26 Å². The van der Waals surface area contributed by atoms with E-state index in [0.717, 1.165) is 12.8 Å². The molecule has 0 bridgehead atoms. The van der Waals surface area contributed by atoms with Gasteiger partial charge in [0.2, 0.25) is 0 Å². The van der Waals surface area contributed by atoms with Crippen molar-refractivity contribution < 1.29 is 9.53 Å². The van der Waals surface area contributed by atoms with Gasteiger partial charge < -0.3 is 4.74 Å². The number of rotatable bonds is 4. The average Bonchev–Trinajstić information content (AvgIpc) is 2.64. The van der Waals surface area contributed by atoms with Crippen molar-refractivity contribution in [3.8, 4) is 6.07 Å². The molecule has 0 fully saturated rings. The van der Waals surface area contributed by atoms with Gasteiger partial charge in [-0.25, -0.2) is 0 Å². The van der Waals surface area contributed by atoms with Crippen LogP contribution in [0.2, 0.25) is 0 Å². The molecule has 0 unspecified atom stereocenters. The fourth-order valence-electron chi connectivity index (χ4n) is 1.12. The zero-order valence-electron chi connectivity index (χ0n) is 7.32. The number of hydrogen-bond donors (Lipinski definition) is 0. The van der Waals surface area contributed by atoms with Crippen LogP contribution in [-0.2, 0) is 9.53 Å². The summed E-state index contributed by atoms with van der Waals surface area (Å²) in [7, 11) is 0. The third-order valence-electron chi connectivity index (χ3n) is 1.80. The predicted molar refractivity (Wildman–Crippen MR) is 47.6 cm³/mol. The van der Waals surface area contributed by atoms with E-state index in [9.17, 15) is 4.79 Å². The molecule has 0 N–H and O–H groups in total. The van der Waals surface area contributed by atoms with E-state index in [1.807, 2.05) is 12.2 Å². The van der Waals surface area contributed by atoms with E-state index < -0.39 is 0 Å². The first-order valence-corrected chi connectivity index (χ1v) is 4.20. The fraction of sp³-hybridized carbons (Fsp3) is 0.400. The number of carbonyl (C=O) groups excluding carboxylic acids is 1. The smallest absolute Gasteiger partial charge is 0.307 e. The quantitative estimate of drug-likeness (QED) is 0.614. The minimum Gasteiger partial charge on any atom is -0.450 e. The summed E-state index contributed by atoms with van der Waals surface area (Å²) in [4.78, 5) is 10.9. The summed E-state index contributed by atoms with van der Waals surface area (Å²) in [5, 5.41) is 8.15. The highest BCUT2D eigenvalue weighted by molar-refractivity contribution is 5.69. The molecule has 0 aromatic heterocycles. The zero-order valence-corrected chi connectivity index (χ0v) is 7.32. The van der Waals surface area contributed by atoms with Gasteiger partial charge in [-0.2, -0.15) is 5.26 Å². The van der Waals surface area contributed by atoms with Crippen LogP contribution in [0.1, 0.15) is 19.3 Å². The highest BCUT2D eigenvalue weighted by Crippen LogP contribution is 2.16. The summed E-state index contributed by atoms with van der Waals surface area (Å²) in [6.45, 7) is -0.143. The monoisotopic (exact) mass is 177 g/mol. The molecule has 13 heavy (non-hydrogen) atoms. The van der Waals surface area contributed by atoms with Crippen molar-refractivity contribution in [2.75, 3.05) is 6.61 Å². The van der Waals surface area contributed by atoms with Gasteiger partial charge in [-0.15, -0.1) is 0 Å². The number of esters is 1. The Hall–Kier alpha value is -1.56. The Balaban J connectivity index is 2.12. The lowest BCUT2D eigenvalue weighted by atomic mass is 10.1. The van der Waals surface area contributed by atoms with Gasteiger partial charge in [0.1, 0.15) is 6.07 Å². The molecule has 0 aliphatic heterocycles. The van der Waals surface area contributed by atoms with Crippen molar-refractivity contribution in [3.05, 3.63) is 23.8 Å². The molecule has 1 aliphatic rings. The average molecular weight is 177 g/mol. The van der Waals surface area contributed by atoms with Gasteiger partial charge in [0.15, 0.2) is 6.61 Å². The largest absolute Gasteiger partial charge is 0.450 e. The lowest BCUT2D eigenvalue weighted by Crippen LogP contribution is -2.04. The molecule has 0 saturated heterocycles. The van der Waals surface area contributed by atoms with Crippen LogP contribution >= 0.6 is 0 Å². The maximum absolute atomic E-state index is 10.9. The Morgan fingerprint density at radius 3 is 3.15 bits per heavy atom. The Labute approximate surface area is 77.3 Å². The molecular weight excluding hydrogens is 166 g/mol. The maximum atomic E-state index is 10.9. The van der Waals surface area contributed by atoms with E-state index in [-0.39, 0.29) is 12.6 Å². The molecular formula is C10H11NO2. The second-order valence-electron chi connectivity index (χ2n) is 2.78. The van der Waals surface area contributed by atoms with Crippen LogP contribution in [0.4, 0.5) is 0 Å². The standard InChI is InChI=1S/C10H11NO2/c11-7-8-13-10(12)6-5-9-3-1-2-4-9/h1-3H,4-6,8H2. The van der Waals surface area contributed by atoms with Gasteiger partial charge >= 0.3 is 5.97 Å². The minimum atomic E-state index is -0.297. The van der Waals surface area contributed by atoms with Crippen LogP contribution in [-0.4, -0.2) is 12.6 Å². The van der Waals surface area contributed by atoms with E-state index in [1.165, 1.54) is 5.57 Å². The van der Waals surface area contributed by atoms with Crippen LogP contribution in [0.15, 0.2) is 23.8 Å². The highest BCUT2D eigenvalue weighted by Gasteiger charge is 2.05. The molecule has 0 spiro atoms. The number of hydrogen-bond acceptors (Lipinski definition) is 3. The maximum Gasteiger partial charge on any atom is 0.307 e. The second kappa shape index (κ2) is 5.15. The van der Waals surface area contributed by atoms with Gasteiger partial charge in [-0.3, -0.25) is 4.79 Å². The number of nitriles is 1. The van der Waals surface area contributed by atoms with Crippen molar-refractivity contribution in [2.24, 2.45) is 0 Å². The first-order valence-electron chi connectivity index (χ1n) is 4.20. The molecule has 3 nitrogen and oxygen atoms in total. The van der Waals surface area contributed by atoms with Gasteiger partial charge in [0, 0.05) is 6.42 Å². The molecule has 1 aliphatic carbocycles. The van der Waals surface area contributed by atoms with E-state index in [0.29, 0.717) is 6.42 Å². The van der Waals surface area contributed by atoms with Crippen molar-refractivity contribution in [1.82, 2.24) is 0 Å². The lowest BCUT2D eigenvalue weighted by Gasteiger charge is -2.00. The third-order valence-corrected chi connectivity index (χ3v) is 1.80. The van der Waals surface area contributed by atoms with Gasteiger partial charge in [0.05, 0.1) is 0 Å². The zero-order chi connectivity index (χ0) is 9.52. The van der Waals surface area contributed by atoms with E-state index >= 15 is 0 Å². The molecule has 68 valence electrons. The molecule has 0 radical (unpaired) electrons. The summed E-state index contributed by atoms with van der Waals surface area (Å²) in [6.07, 6.45) is 8.08. The first kappa shape index (κ1) is 9.53. The topological polar surface area (TPSA) is 50.1 Å². The van der Waals surface area contributed by atoms with Crippen LogP contribution in [0.3, 0.4) is 0 Å². The van der Waals surface area contributed by atoms with Gasteiger partial charge in [0.25, 0.3) is 0 Å². The molecule has 0 saturated carbocycles. The van der Waals surface area contributed by atoms with Crippen LogP contribution in [0.5, 0.6) is 0 Å². The summed E-state index contributed by atoms with van der Waals surface area (Å²) < 4.78 is 4.60. The highest BCUT2D eigenvalue weighted by atomic mass is 16.5. The van der Waals surface area contributed by atoms with Crippen molar-refractivity contribution in [3.63, 3.8) is 0 Å². The van der Waals surface area contributed by atoms with Crippen LogP contribution in [0.25, 0.3) is 0 Å².